The van der Waals surface area contributed by atoms with Gasteiger partial charge in [-0.15, -0.1) is 0 Å². The van der Waals surface area contributed by atoms with Crippen molar-refractivity contribution in [3.8, 4) is 0 Å². The summed E-state index contributed by atoms with van der Waals surface area (Å²) in [6.45, 7) is 3.24. The van der Waals surface area contributed by atoms with Crippen molar-refractivity contribution < 1.29 is 23.8 Å². The van der Waals surface area contributed by atoms with Gasteiger partial charge in [0.1, 0.15) is 12.6 Å². The first-order valence-electron chi connectivity index (χ1n) is 6.88. The number of hydrogen-bond donors (Lipinski definition) is 3. The Kier molecular flexibility index (Phi) is 7.63. The predicted molar refractivity (Wildman–Crippen MR) is 82.9 cm³/mol. The zero-order chi connectivity index (χ0) is 16.5. The van der Waals surface area contributed by atoms with Gasteiger partial charge in [0.25, 0.3) is 0 Å². The van der Waals surface area contributed by atoms with Crippen LogP contribution in [0.2, 0.25) is 0 Å². The third kappa shape index (κ3) is 7.24. The molecule has 0 aliphatic heterocycles. The van der Waals surface area contributed by atoms with Gasteiger partial charge in [-0.1, -0.05) is 30.3 Å². The van der Waals surface area contributed by atoms with E-state index >= 15 is 0 Å². The number of benzene rings is 1. The van der Waals surface area contributed by atoms with Gasteiger partial charge in [-0.3, -0.25) is 9.36 Å². The Balaban J connectivity index is 2.33. The Bertz CT molecular complexity index is 523. The van der Waals surface area contributed by atoms with Crippen LogP contribution in [0.15, 0.2) is 30.3 Å². The molecule has 0 bridgehead atoms. The van der Waals surface area contributed by atoms with Crippen LogP contribution < -0.4 is 10.6 Å². The molecule has 0 aliphatic carbocycles. The minimum absolute atomic E-state index is 0.00157. The lowest BCUT2D eigenvalue weighted by Gasteiger charge is -2.17. The van der Waals surface area contributed by atoms with Gasteiger partial charge in [-0.25, -0.2) is 4.79 Å². The van der Waals surface area contributed by atoms with Gasteiger partial charge in [0.15, 0.2) is 8.03 Å². The van der Waals surface area contributed by atoms with Crippen molar-refractivity contribution >= 4 is 20.0 Å². The summed E-state index contributed by atoms with van der Waals surface area (Å²) in [6, 6.07) is 7.94. The van der Waals surface area contributed by atoms with E-state index in [-0.39, 0.29) is 12.8 Å². The van der Waals surface area contributed by atoms with Gasteiger partial charge in [0.05, 0.1) is 0 Å². The van der Waals surface area contributed by atoms with E-state index in [9.17, 15) is 14.2 Å². The van der Waals surface area contributed by atoms with E-state index in [2.05, 4.69) is 10.6 Å². The van der Waals surface area contributed by atoms with Crippen molar-refractivity contribution in [3.63, 3.8) is 0 Å². The molecule has 22 heavy (non-hydrogen) atoms. The molecular formula is C14H21N2O5P. The van der Waals surface area contributed by atoms with Gasteiger partial charge in [0, 0.05) is 12.2 Å². The largest absolute Gasteiger partial charge is 0.445 e. The number of nitrogens with one attached hydrogen (secondary N) is 2. The maximum atomic E-state index is 11.8. The Morgan fingerprint density at radius 2 is 1.86 bits per heavy atom. The molecule has 7 nitrogen and oxygen atoms in total. The van der Waals surface area contributed by atoms with E-state index in [1.54, 1.807) is 6.92 Å². The Hall–Kier alpha value is -1.85. The zero-order valence-electron chi connectivity index (χ0n) is 12.5. The third-order valence-electron chi connectivity index (χ3n) is 2.81. The molecule has 0 radical (unpaired) electrons. The Morgan fingerprint density at radius 3 is 2.45 bits per heavy atom. The van der Waals surface area contributed by atoms with Crippen molar-refractivity contribution in [2.24, 2.45) is 0 Å². The van der Waals surface area contributed by atoms with Crippen LogP contribution in [0.5, 0.6) is 0 Å². The van der Waals surface area contributed by atoms with E-state index in [0.717, 1.165) is 5.56 Å². The van der Waals surface area contributed by atoms with Gasteiger partial charge >= 0.3 is 6.09 Å². The molecule has 1 aromatic rings. The summed E-state index contributed by atoms with van der Waals surface area (Å²) in [5.74, 6) is -0.438. The molecular weight excluding hydrogens is 307 g/mol. The quantitative estimate of drug-likeness (QED) is 0.654. The number of alkyl carbamates (subject to hydrolysis) is 1. The molecule has 1 rings (SSSR count). The average Bonchev–Trinajstić information content (AvgIpc) is 2.45. The molecule has 2 unspecified atom stereocenters. The highest BCUT2D eigenvalue weighted by atomic mass is 31.1. The predicted octanol–water partition coefficient (Wildman–Crippen LogP) is 1.27. The summed E-state index contributed by atoms with van der Waals surface area (Å²) in [7, 11) is -2.64. The average molecular weight is 328 g/mol. The van der Waals surface area contributed by atoms with Crippen LogP contribution in [0, 0.1) is 0 Å². The molecule has 3 N–H and O–H groups in total. The van der Waals surface area contributed by atoms with Gasteiger partial charge < -0.3 is 20.3 Å². The SMILES string of the molecule is CC(C[PH](=O)O)NC(=O)[C@H](C)NC(=O)OCc1ccccc1. The summed E-state index contributed by atoms with van der Waals surface area (Å²) >= 11 is 0. The number of ether oxygens (including phenoxy) is 1. The maximum Gasteiger partial charge on any atom is 0.408 e. The fraction of sp³-hybridized carbons (Fsp3) is 0.429. The summed E-state index contributed by atoms with van der Waals surface area (Å²) in [5, 5.41) is 4.95. The molecule has 8 heteroatoms. The monoisotopic (exact) mass is 328 g/mol. The molecule has 3 atom stereocenters. The second-order valence-corrected chi connectivity index (χ2v) is 6.13. The first-order valence-corrected chi connectivity index (χ1v) is 8.44. The number of hydrogen-bond acceptors (Lipinski definition) is 4. The number of amides is 2. The van der Waals surface area contributed by atoms with Crippen LogP contribution >= 0.6 is 8.03 Å². The van der Waals surface area contributed by atoms with Crippen LogP contribution in [0.4, 0.5) is 4.79 Å². The summed E-state index contributed by atoms with van der Waals surface area (Å²) in [6.07, 6.45) is -0.698. The van der Waals surface area contributed by atoms with Crippen molar-refractivity contribution in [1.29, 1.82) is 0 Å². The van der Waals surface area contributed by atoms with Gasteiger partial charge in [-0.2, -0.15) is 0 Å². The van der Waals surface area contributed by atoms with Crippen LogP contribution in [0.3, 0.4) is 0 Å². The number of carbonyl (C=O) groups excluding carboxylic acids is 2. The smallest absolute Gasteiger partial charge is 0.408 e. The second-order valence-electron chi connectivity index (χ2n) is 4.94. The standard InChI is InChI=1S/C14H21N2O5P/c1-10(9-22(19)20)15-13(17)11(2)16-14(18)21-8-12-6-4-3-5-7-12/h3-7,10-11,22H,8-9H2,1-2H3,(H,15,17)(H,16,18)(H,19,20)/t10?,11-/m0/s1. The highest BCUT2D eigenvalue weighted by Crippen LogP contribution is 2.13. The summed E-state index contributed by atoms with van der Waals surface area (Å²) in [4.78, 5) is 32.2. The minimum Gasteiger partial charge on any atom is -0.445 e. The maximum absolute atomic E-state index is 11.8. The first kappa shape index (κ1) is 18.2. The highest BCUT2D eigenvalue weighted by Gasteiger charge is 2.18. The van der Waals surface area contributed by atoms with Crippen LogP contribution in [-0.2, 0) is 20.7 Å². The van der Waals surface area contributed by atoms with E-state index in [1.165, 1.54) is 6.92 Å². The summed E-state index contributed by atoms with van der Waals surface area (Å²) in [5.41, 5.74) is 0.844. The van der Waals surface area contributed by atoms with Crippen LogP contribution in [0.25, 0.3) is 0 Å². The third-order valence-corrected chi connectivity index (χ3v) is 3.77. The van der Waals surface area contributed by atoms with Gasteiger partial charge in [-0.05, 0) is 19.4 Å². The van der Waals surface area contributed by atoms with E-state index in [4.69, 9.17) is 9.63 Å². The van der Waals surface area contributed by atoms with Crippen molar-refractivity contribution in [3.05, 3.63) is 35.9 Å². The Morgan fingerprint density at radius 1 is 1.23 bits per heavy atom. The van der Waals surface area contributed by atoms with Gasteiger partial charge in [0.2, 0.25) is 5.91 Å². The molecule has 0 spiro atoms. The number of rotatable bonds is 7. The lowest BCUT2D eigenvalue weighted by Crippen LogP contribution is -2.48. The lowest BCUT2D eigenvalue weighted by molar-refractivity contribution is -0.123. The van der Waals surface area contributed by atoms with E-state index in [0.29, 0.717) is 0 Å². The summed E-state index contributed by atoms with van der Waals surface area (Å²) < 4.78 is 15.7. The normalized spacial score (nSPS) is 14.5. The van der Waals surface area contributed by atoms with Crippen molar-refractivity contribution in [2.75, 3.05) is 6.16 Å². The van der Waals surface area contributed by atoms with Crippen LogP contribution in [-0.4, -0.2) is 35.1 Å². The van der Waals surface area contributed by atoms with E-state index < -0.39 is 32.1 Å². The highest BCUT2D eigenvalue weighted by molar-refractivity contribution is 7.38. The minimum atomic E-state index is -2.64. The molecule has 0 aliphatic rings. The molecule has 0 saturated heterocycles. The second kappa shape index (κ2) is 9.23. The first-order chi connectivity index (χ1) is 10.4. The molecule has 2 amide bonds. The zero-order valence-corrected chi connectivity index (χ0v) is 13.5. The molecule has 1 aromatic carbocycles. The molecule has 0 aromatic heterocycles. The molecule has 0 saturated carbocycles. The van der Waals surface area contributed by atoms with Crippen molar-refractivity contribution in [1.82, 2.24) is 10.6 Å². The van der Waals surface area contributed by atoms with E-state index in [1.807, 2.05) is 30.3 Å². The molecule has 122 valence electrons. The molecule has 0 heterocycles. The van der Waals surface area contributed by atoms with Crippen LogP contribution in [0.1, 0.15) is 19.4 Å². The topological polar surface area (TPSA) is 105 Å². The van der Waals surface area contributed by atoms with Crippen molar-refractivity contribution in [2.45, 2.75) is 32.5 Å². The fourth-order valence-electron chi connectivity index (χ4n) is 1.69. The lowest BCUT2D eigenvalue weighted by atomic mass is 10.2. The fourth-order valence-corrected chi connectivity index (χ4v) is 2.31. The Labute approximate surface area is 129 Å². The molecule has 0 fully saturated rings. The number of carbonyl (C=O) groups is 2.